The molecule has 1 atom stereocenters. The molecule has 1 aromatic rings. The van der Waals surface area contributed by atoms with E-state index >= 15 is 0 Å². The van der Waals surface area contributed by atoms with Crippen molar-refractivity contribution in [3.63, 3.8) is 0 Å². The van der Waals surface area contributed by atoms with Gasteiger partial charge in [0, 0.05) is 5.56 Å². The van der Waals surface area contributed by atoms with Gasteiger partial charge in [-0.2, -0.15) is 0 Å². The minimum absolute atomic E-state index is 0.0820. The third-order valence-electron chi connectivity index (χ3n) is 1.44. The highest BCUT2D eigenvalue weighted by molar-refractivity contribution is 5.33. The minimum Gasteiger partial charge on any atom is -0.508 e. The molecule has 1 aromatic carbocycles. The number of hydrogen-bond donors (Lipinski definition) is 2. The van der Waals surface area contributed by atoms with E-state index in [4.69, 9.17) is 10.2 Å². The molecule has 0 saturated heterocycles. The van der Waals surface area contributed by atoms with E-state index < -0.39 is 11.9 Å². The molecule has 0 spiro atoms. The van der Waals surface area contributed by atoms with Gasteiger partial charge in [-0.25, -0.2) is 4.39 Å². The summed E-state index contributed by atoms with van der Waals surface area (Å²) in [7, 11) is 0. The van der Waals surface area contributed by atoms with Crippen molar-refractivity contribution in [1.29, 1.82) is 0 Å². The first-order valence-corrected chi connectivity index (χ1v) is 3.27. The van der Waals surface area contributed by atoms with Gasteiger partial charge in [0.05, 0.1) is 6.10 Å². The van der Waals surface area contributed by atoms with Crippen LogP contribution in [0.25, 0.3) is 0 Å². The fraction of sp³-hybridized carbons (Fsp3) is 0.250. The zero-order valence-corrected chi connectivity index (χ0v) is 6.08. The molecule has 0 aliphatic heterocycles. The summed E-state index contributed by atoms with van der Waals surface area (Å²) in [6.07, 6.45) is -0.842. The second kappa shape index (κ2) is 2.88. The van der Waals surface area contributed by atoms with Crippen molar-refractivity contribution < 1.29 is 14.6 Å². The molecule has 0 heterocycles. The maximum Gasteiger partial charge on any atom is 0.123 e. The monoisotopic (exact) mass is 156 g/mol. The normalized spacial score (nSPS) is 13.0. The average molecular weight is 156 g/mol. The second-order valence-corrected chi connectivity index (χ2v) is 2.38. The van der Waals surface area contributed by atoms with Gasteiger partial charge >= 0.3 is 0 Å². The van der Waals surface area contributed by atoms with E-state index in [9.17, 15) is 4.39 Å². The maximum atomic E-state index is 12.5. The van der Waals surface area contributed by atoms with E-state index in [2.05, 4.69) is 0 Å². The van der Waals surface area contributed by atoms with E-state index in [1.54, 1.807) is 0 Å². The molecule has 11 heavy (non-hydrogen) atoms. The molecule has 0 aliphatic rings. The molecule has 0 unspecified atom stereocenters. The number of rotatable bonds is 1. The van der Waals surface area contributed by atoms with Gasteiger partial charge in [-0.3, -0.25) is 0 Å². The third kappa shape index (κ3) is 1.68. The van der Waals surface area contributed by atoms with Crippen molar-refractivity contribution in [3.8, 4) is 5.75 Å². The minimum atomic E-state index is -0.842. The first kappa shape index (κ1) is 8.01. The van der Waals surface area contributed by atoms with Gasteiger partial charge in [0.1, 0.15) is 11.6 Å². The Hall–Kier alpha value is -1.09. The summed E-state index contributed by atoms with van der Waals surface area (Å²) in [5.41, 5.74) is 0.213. The van der Waals surface area contributed by atoms with Crippen molar-refractivity contribution in [2.45, 2.75) is 13.0 Å². The highest BCUT2D eigenvalue weighted by atomic mass is 19.1. The SMILES string of the molecule is C[C@H](O)c1cc(F)ccc1O. The molecule has 0 aromatic heterocycles. The largest absolute Gasteiger partial charge is 0.508 e. The molecule has 0 bridgehead atoms. The third-order valence-corrected chi connectivity index (χ3v) is 1.44. The van der Waals surface area contributed by atoms with Crippen molar-refractivity contribution in [1.82, 2.24) is 0 Å². The molecule has 0 saturated carbocycles. The predicted octanol–water partition coefficient (Wildman–Crippen LogP) is 1.58. The Balaban J connectivity index is 3.13. The van der Waals surface area contributed by atoms with Crippen LogP contribution in [0.2, 0.25) is 0 Å². The Morgan fingerprint density at radius 1 is 1.45 bits per heavy atom. The molecule has 0 radical (unpaired) electrons. The number of aliphatic hydroxyl groups is 1. The van der Waals surface area contributed by atoms with Crippen LogP contribution in [0.4, 0.5) is 4.39 Å². The number of phenols is 1. The van der Waals surface area contributed by atoms with Crippen LogP contribution in [0.15, 0.2) is 18.2 Å². The predicted molar refractivity (Wildman–Crippen MR) is 38.7 cm³/mol. The van der Waals surface area contributed by atoms with Gasteiger partial charge in [0.25, 0.3) is 0 Å². The molecule has 2 nitrogen and oxygen atoms in total. The molecule has 0 fully saturated rings. The smallest absolute Gasteiger partial charge is 0.123 e. The van der Waals surface area contributed by atoms with Crippen molar-refractivity contribution >= 4 is 0 Å². The van der Waals surface area contributed by atoms with E-state index in [1.807, 2.05) is 0 Å². The van der Waals surface area contributed by atoms with Crippen LogP contribution in [0.1, 0.15) is 18.6 Å². The van der Waals surface area contributed by atoms with Gasteiger partial charge in [0.2, 0.25) is 0 Å². The van der Waals surface area contributed by atoms with Crippen molar-refractivity contribution in [3.05, 3.63) is 29.6 Å². The van der Waals surface area contributed by atoms with Crippen LogP contribution in [-0.4, -0.2) is 10.2 Å². The van der Waals surface area contributed by atoms with Crippen molar-refractivity contribution in [2.24, 2.45) is 0 Å². The number of halogens is 1. The van der Waals surface area contributed by atoms with Crippen LogP contribution < -0.4 is 0 Å². The maximum absolute atomic E-state index is 12.5. The number of benzene rings is 1. The zero-order valence-electron chi connectivity index (χ0n) is 6.08. The number of aliphatic hydroxyl groups excluding tert-OH is 1. The topological polar surface area (TPSA) is 40.5 Å². The fourth-order valence-electron chi connectivity index (χ4n) is 0.860. The lowest BCUT2D eigenvalue weighted by Gasteiger charge is -2.06. The summed E-state index contributed by atoms with van der Waals surface area (Å²) in [4.78, 5) is 0. The van der Waals surface area contributed by atoms with E-state index in [1.165, 1.54) is 13.0 Å². The Morgan fingerprint density at radius 2 is 2.09 bits per heavy atom. The van der Waals surface area contributed by atoms with Gasteiger partial charge in [-0.1, -0.05) is 0 Å². The first-order chi connectivity index (χ1) is 5.11. The van der Waals surface area contributed by atoms with Gasteiger partial charge in [-0.05, 0) is 25.1 Å². The quantitative estimate of drug-likeness (QED) is 0.648. The highest BCUT2D eigenvalue weighted by Crippen LogP contribution is 2.23. The zero-order chi connectivity index (χ0) is 8.43. The van der Waals surface area contributed by atoms with Crippen LogP contribution in [0.5, 0.6) is 5.75 Å². The van der Waals surface area contributed by atoms with E-state index in [-0.39, 0.29) is 11.3 Å². The summed E-state index contributed by atoms with van der Waals surface area (Å²) in [6, 6.07) is 3.47. The Bertz CT molecular complexity index is 258. The summed E-state index contributed by atoms with van der Waals surface area (Å²) < 4.78 is 12.5. The summed E-state index contributed by atoms with van der Waals surface area (Å²) in [5, 5.41) is 18.1. The molecular weight excluding hydrogens is 147 g/mol. The molecule has 0 amide bonds. The van der Waals surface area contributed by atoms with Crippen LogP contribution in [-0.2, 0) is 0 Å². The Kier molecular flexibility index (Phi) is 2.10. The standard InChI is InChI=1S/C8H9FO2/c1-5(10)7-4-6(9)2-3-8(7)11/h2-5,10-11H,1H3/t5-/m0/s1. The Labute approximate surface area is 63.9 Å². The lowest BCUT2D eigenvalue weighted by Crippen LogP contribution is -1.92. The van der Waals surface area contributed by atoms with Crippen LogP contribution in [0, 0.1) is 5.82 Å². The van der Waals surface area contributed by atoms with E-state index in [0.717, 1.165) is 12.1 Å². The van der Waals surface area contributed by atoms with Crippen molar-refractivity contribution in [2.75, 3.05) is 0 Å². The summed E-state index contributed by atoms with van der Waals surface area (Å²) in [6.45, 7) is 1.47. The summed E-state index contributed by atoms with van der Waals surface area (Å²) in [5.74, 6) is -0.542. The fourth-order valence-corrected chi connectivity index (χ4v) is 0.860. The molecule has 0 aliphatic carbocycles. The molecule has 2 N–H and O–H groups in total. The van der Waals surface area contributed by atoms with Gasteiger partial charge in [0.15, 0.2) is 0 Å². The second-order valence-electron chi connectivity index (χ2n) is 2.38. The molecule has 60 valence electrons. The average Bonchev–Trinajstić information content (AvgIpc) is 1.94. The lowest BCUT2D eigenvalue weighted by molar-refractivity contribution is 0.194. The number of hydrogen-bond acceptors (Lipinski definition) is 2. The molecule has 1 rings (SSSR count). The highest BCUT2D eigenvalue weighted by Gasteiger charge is 2.07. The number of phenolic OH excluding ortho intramolecular Hbond substituents is 1. The van der Waals surface area contributed by atoms with Crippen LogP contribution in [0.3, 0.4) is 0 Å². The van der Waals surface area contributed by atoms with Gasteiger partial charge in [-0.15, -0.1) is 0 Å². The van der Waals surface area contributed by atoms with Crippen LogP contribution >= 0.6 is 0 Å². The number of aromatic hydroxyl groups is 1. The molecular formula is C8H9FO2. The summed E-state index contributed by atoms with van der Waals surface area (Å²) >= 11 is 0. The van der Waals surface area contributed by atoms with E-state index in [0.29, 0.717) is 0 Å². The Morgan fingerprint density at radius 3 is 2.55 bits per heavy atom. The molecule has 3 heteroatoms. The first-order valence-electron chi connectivity index (χ1n) is 3.27. The lowest BCUT2D eigenvalue weighted by atomic mass is 10.1. The van der Waals surface area contributed by atoms with Gasteiger partial charge < -0.3 is 10.2 Å².